The SMILES string of the molecule is C=C/C=C\C=C(/C)c1ccc(C(=O)OC[C@H]2CO[C@@H](C)CC2C)cc1. The number of carbonyl (C=O) groups is 1. The lowest BCUT2D eigenvalue weighted by Crippen LogP contribution is -2.34. The average Bonchev–Trinajstić information content (AvgIpc) is 2.61. The Morgan fingerprint density at radius 3 is 2.56 bits per heavy atom. The second-order valence-corrected chi connectivity index (χ2v) is 6.76. The molecule has 0 saturated carbocycles. The zero-order chi connectivity index (χ0) is 18.2. The molecule has 1 aliphatic rings. The summed E-state index contributed by atoms with van der Waals surface area (Å²) < 4.78 is 11.2. The van der Waals surface area contributed by atoms with Crippen LogP contribution in [0.25, 0.3) is 5.57 Å². The third-order valence-corrected chi connectivity index (χ3v) is 4.70. The minimum atomic E-state index is -0.273. The Labute approximate surface area is 151 Å². The van der Waals surface area contributed by atoms with Gasteiger partial charge in [-0.25, -0.2) is 4.79 Å². The second-order valence-electron chi connectivity index (χ2n) is 6.76. The van der Waals surface area contributed by atoms with E-state index in [1.54, 1.807) is 6.08 Å². The lowest BCUT2D eigenvalue weighted by atomic mass is 9.88. The Kier molecular flexibility index (Phi) is 7.20. The molecule has 0 bridgehead atoms. The van der Waals surface area contributed by atoms with Gasteiger partial charge in [0.25, 0.3) is 0 Å². The summed E-state index contributed by atoms with van der Waals surface area (Å²) in [4.78, 5) is 12.3. The number of esters is 1. The summed E-state index contributed by atoms with van der Waals surface area (Å²) in [7, 11) is 0. The van der Waals surface area contributed by atoms with E-state index in [1.807, 2.05) is 49.4 Å². The zero-order valence-electron chi connectivity index (χ0n) is 15.4. The Hall–Kier alpha value is -2.13. The fourth-order valence-electron chi connectivity index (χ4n) is 2.96. The topological polar surface area (TPSA) is 35.5 Å². The van der Waals surface area contributed by atoms with Gasteiger partial charge in [0, 0.05) is 5.92 Å². The molecule has 3 heteroatoms. The van der Waals surface area contributed by atoms with E-state index in [0.717, 1.165) is 17.6 Å². The van der Waals surface area contributed by atoms with Gasteiger partial charge in [-0.3, -0.25) is 0 Å². The maximum atomic E-state index is 12.3. The monoisotopic (exact) mass is 340 g/mol. The number of hydrogen-bond acceptors (Lipinski definition) is 3. The second kappa shape index (κ2) is 9.38. The summed E-state index contributed by atoms with van der Waals surface area (Å²) in [6.45, 7) is 11.0. The predicted molar refractivity (Wildman–Crippen MR) is 102 cm³/mol. The smallest absolute Gasteiger partial charge is 0.338 e. The van der Waals surface area contributed by atoms with E-state index in [1.165, 1.54) is 0 Å². The van der Waals surface area contributed by atoms with Crippen molar-refractivity contribution in [1.82, 2.24) is 0 Å². The van der Waals surface area contributed by atoms with Gasteiger partial charge in [-0.05, 0) is 49.5 Å². The summed E-state index contributed by atoms with van der Waals surface area (Å²) in [5.74, 6) is 0.516. The van der Waals surface area contributed by atoms with Crippen molar-refractivity contribution in [1.29, 1.82) is 0 Å². The van der Waals surface area contributed by atoms with Gasteiger partial charge in [0.15, 0.2) is 0 Å². The highest BCUT2D eigenvalue weighted by atomic mass is 16.5. The molecule has 1 aromatic carbocycles. The number of hydrogen-bond donors (Lipinski definition) is 0. The summed E-state index contributed by atoms with van der Waals surface area (Å²) in [5, 5.41) is 0. The molecule has 1 unspecified atom stereocenters. The van der Waals surface area contributed by atoms with E-state index in [9.17, 15) is 4.79 Å². The molecule has 2 rings (SSSR count). The van der Waals surface area contributed by atoms with Crippen LogP contribution in [0.15, 0.2) is 55.1 Å². The van der Waals surface area contributed by atoms with E-state index in [-0.39, 0.29) is 11.9 Å². The van der Waals surface area contributed by atoms with Crippen molar-refractivity contribution in [2.45, 2.75) is 33.3 Å². The van der Waals surface area contributed by atoms with Crippen LogP contribution in [0.3, 0.4) is 0 Å². The molecule has 0 aliphatic carbocycles. The van der Waals surface area contributed by atoms with Crippen LogP contribution >= 0.6 is 0 Å². The number of allylic oxidation sites excluding steroid dienone is 5. The van der Waals surface area contributed by atoms with Gasteiger partial charge in [-0.2, -0.15) is 0 Å². The van der Waals surface area contributed by atoms with Crippen LogP contribution in [0.1, 0.15) is 43.1 Å². The van der Waals surface area contributed by atoms with Crippen LogP contribution in [0, 0.1) is 11.8 Å². The van der Waals surface area contributed by atoms with Crippen LogP contribution < -0.4 is 0 Å². The van der Waals surface area contributed by atoms with Crippen molar-refractivity contribution in [2.75, 3.05) is 13.2 Å². The summed E-state index contributed by atoms with van der Waals surface area (Å²) in [5.41, 5.74) is 2.78. The lowest BCUT2D eigenvalue weighted by Gasteiger charge is -2.32. The Balaban J connectivity index is 1.91. The minimum absolute atomic E-state index is 0.273. The van der Waals surface area contributed by atoms with Crippen molar-refractivity contribution in [3.05, 3.63) is 66.3 Å². The third kappa shape index (κ3) is 5.71. The van der Waals surface area contributed by atoms with Gasteiger partial charge in [-0.1, -0.05) is 49.9 Å². The number of carbonyl (C=O) groups excluding carboxylic acids is 1. The van der Waals surface area contributed by atoms with Gasteiger partial charge >= 0.3 is 5.97 Å². The molecule has 0 aromatic heterocycles. The highest BCUT2D eigenvalue weighted by Crippen LogP contribution is 2.25. The standard InChI is InChI=1S/C22H28O3/c1-5-6-7-8-16(2)19-9-11-20(12-10-19)22(23)25-15-21-14-24-18(4)13-17(21)3/h5-12,17-18,21H,1,13-15H2,2-4H3/b7-6-,16-8+/t17?,18-,21+/m0/s1. The minimum Gasteiger partial charge on any atom is -0.462 e. The van der Waals surface area contributed by atoms with Gasteiger partial charge in [0.05, 0.1) is 24.9 Å². The van der Waals surface area contributed by atoms with Crippen molar-refractivity contribution < 1.29 is 14.3 Å². The number of benzene rings is 1. The first kappa shape index (κ1) is 19.2. The molecule has 1 fully saturated rings. The van der Waals surface area contributed by atoms with Crippen molar-refractivity contribution >= 4 is 11.5 Å². The van der Waals surface area contributed by atoms with Gasteiger partial charge < -0.3 is 9.47 Å². The van der Waals surface area contributed by atoms with Crippen molar-refractivity contribution in [3.63, 3.8) is 0 Å². The molecule has 1 heterocycles. The molecule has 0 radical (unpaired) electrons. The molecule has 134 valence electrons. The van der Waals surface area contributed by atoms with E-state index in [0.29, 0.717) is 30.8 Å². The highest BCUT2D eigenvalue weighted by molar-refractivity contribution is 5.89. The molecule has 1 aliphatic heterocycles. The molecular weight excluding hydrogens is 312 g/mol. The van der Waals surface area contributed by atoms with Gasteiger partial charge in [-0.15, -0.1) is 0 Å². The molecule has 0 spiro atoms. The molecular formula is C22H28O3. The normalized spacial score (nSPS) is 24.3. The first-order valence-electron chi connectivity index (χ1n) is 8.86. The zero-order valence-corrected chi connectivity index (χ0v) is 15.4. The Morgan fingerprint density at radius 2 is 1.92 bits per heavy atom. The summed E-state index contributed by atoms with van der Waals surface area (Å²) >= 11 is 0. The fourth-order valence-corrected chi connectivity index (χ4v) is 2.96. The van der Waals surface area contributed by atoms with Crippen molar-refractivity contribution in [3.8, 4) is 0 Å². The van der Waals surface area contributed by atoms with E-state index in [4.69, 9.17) is 9.47 Å². The molecule has 1 aromatic rings. The van der Waals surface area contributed by atoms with Gasteiger partial charge in [0.2, 0.25) is 0 Å². The molecule has 0 N–H and O–H groups in total. The first-order chi connectivity index (χ1) is 12.0. The van der Waals surface area contributed by atoms with E-state index in [2.05, 4.69) is 20.4 Å². The van der Waals surface area contributed by atoms with Crippen LogP contribution in [0.5, 0.6) is 0 Å². The molecule has 25 heavy (non-hydrogen) atoms. The molecule has 3 nitrogen and oxygen atoms in total. The average molecular weight is 340 g/mol. The van der Waals surface area contributed by atoms with Crippen molar-refractivity contribution in [2.24, 2.45) is 11.8 Å². The van der Waals surface area contributed by atoms with Crippen LogP contribution in [-0.2, 0) is 9.47 Å². The third-order valence-electron chi connectivity index (χ3n) is 4.70. The van der Waals surface area contributed by atoms with E-state index >= 15 is 0 Å². The predicted octanol–water partition coefficient (Wildman–Crippen LogP) is 5.05. The largest absolute Gasteiger partial charge is 0.462 e. The van der Waals surface area contributed by atoms with Crippen LogP contribution in [0.2, 0.25) is 0 Å². The molecule has 0 amide bonds. The Bertz CT molecular complexity index is 640. The quantitative estimate of drug-likeness (QED) is 0.537. The first-order valence-corrected chi connectivity index (χ1v) is 8.86. The maximum Gasteiger partial charge on any atom is 0.338 e. The lowest BCUT2D eigenvalue weighted by molar-refractivity contribution is -0.0525. The molecule has 3 atom stereocenters. The number of rotatable bonds is 6. The Morgan fingerprint density at radius 1 is 1.24 bits per heavy atom. The van der Waals surface area contributed by atoms with Gasteiger partial charge in [0.1, 0.15) is 0 Å². The highest BCUT2D eigenvalue weighted by Gasteiger charge is 2.27. The fraction of sp³-hybridized carbons (Fsp3) is 0.409. The maximum absolute atomic E-state index is 12.3. The molecule has 1 saturated heterocycles. The summed E-state index contributed by atoms with van der Waals surface area (Å²) in [6.07, 6.45) is 8.89. The van der Waals surface area contributed by atoms with Crippen LogP contribution in [0.4, 0.5) is 0 Å². The summed E-state index contributed by atoms with van der Waals surface area (Å²) in [6, 6.07) is 7.51. The number of ether oxygens (including phenoxy) is 2. The van der Waals surface area contributed by atoms with E-state index < -0.39 is 0 Å². The van der Waals surface area contributed by atoms with Crippen LogP contribution in [-0.4, -0.2) is 25.3 Å².